The first-order valence-corrected chi connectivity index (χ1v) is 8.95. The van der Waals surface area contributed by atoms with Crippen LogP contribution in [-0.2, 0) is 4.79 Å². The third-order valence-electron chi connectivity index (χ3n) is 3.95. The van der Waals surface area contributed by atoms with Crippen LogP contribution in [0.5, 0.6) is 0 Å². The van der Waals surface area contributed by atoms with Gasteiger partial charge >= 0.3 is 0 Å². The van der Waals surface area contributed by atoms with Gasteiger partial charge in [0.05, 0.1) is 0 Å². The molecule has 2 rings (SSSR count). The summed E-state index contributed by atoms with van der Waals surface area (Å²) >= 11 is 0. The van der Waals surface area contributed by atoms with Gasteiger partial charge < -0.3 is 10.6 Å². The molecule has 0 atom stereocenters. The van der Waals surface area contributed by atoms with Crippen molar-refractivity contribution in [2.45, 2.75) is 45.4 Å². The number of hydrogen-bond donors (Lipinski definition) is 2. The first-order valence-electron chi connectivity index (χ1n) is 8.95. The number of amides is 2. The minimum absolute atomic E-state index is 0.00267. The van der Waals surface area contributed by atoms with E-state index in [1.54, 1.807) is 24.3 Å². The lowest BCUT2D eigenvalue weighted by atomic mass is 10.1. The molecule has 0 aliphatic carbocycles. The lowest BCUT2D eigenvalue weighted by Gasteiger charge is -2.08. The Balaban J connectivity index is 1.85. The molecular weight excluding hydrogens is 312 g/mol. The summed E-state index contributed by atoms with van der Waals surface area (Å²) in [6.45, 7) is 2.17. The normalized spacial score (nSPS) is 10.3. The van der Waals surface area contributed by atoms with Crippen LogP contribution in [0.2, 0.25) is 0 Å². The maximum absolute atomic E-state index is 12.3. The highest BCUT2D eigenvalue weighted by molar-refractivity contribution is 6.05. The SMILES string of the molecule is CCCCCCCC(=O)Nc1cccc(C(=O)Nc2ccccc2)c1. The van der Waals surface area contributed by atoms with E-state index in [2.05, 4.69) is 17.6 Å². The average Bonchev–Trinajstić information content (AvgIpc) is 2.62. The summed E-state index contributed by atoms with van der Waals surface area (Å²) in [7, 11) is 0. The van der Waals surface area contributed by atoms with Gasteiger partial charge in [-0.05, 0) is 36.8 Å². The Kier molecular flexibility index (Phi) is 7.70. The van der Waals surface area contributed by atoms with Gasteiger partial charge in [0.15, 0.2) is 0 Å². The van der Waals surface area contributed by atoms with Crippen LogP contribution in [0.25, 0.3) is 0 Å². The highest BCUT2D eigenvalue weighted by atomic mass is 16.2. The van der Waals surface area contributed by atoms with Crippen molar-refractivity contribution in [3.63, 3.8) is 0 Å². The zero-order valence-electron chi connectivity index (χ0n) is 14.8. The minimum atomic E-state index is -0.193. The summed E-state index contributed by atoms with van der Waals surface area (Å²) in [4.78, 5) is 24.3. The predicted molar refractivity (Wildman–Crippen MR) is 103 cm³/mol. The number of para-hydroxylation sites is 1. The van der Waals surface area contributed by atoms with Crippen molar-refractivity contribution >= 4 is 23.2 Å². The minimum Gasteiger partial charge on any atom is -0.326 e. The molecule has 0 saturated carbocycles. The van der Waals surface area contributed by atoms with Crippen LogP contribution in [0.3, 0.4) is 0 Å². The first-order chi connectivity index (χ1) is 12.2. The Labute approximate surface area is 149 Å². The van der Waals surface area contributed by atoms with E-state index in [0.717, 1.165) is 18.5 Å². The number of rotatable bonds is 9. The fourth-order valence-electron chi connectivity index (χ4n) is 2.58. The quantitative estimate of drug-likeness (QED) is 0.614. The molecule has 0 unspecified atom stereocenters. The van der Waals surface area contributed by atoms with Crippen LogP contribution in [0.1, 0.15) is 55.8 Å². The maximum Gasteiger partial charge on any atom is 0.255 e. The standard InChI is InChI=1S/C21H26N2O2/c1-2-3-4-5-9-15-20(24)22-19-14-10-11-17(16-19)21(25)23-18-12-7-6-8-13-18/h6-8,10-14,16H,2-5,9,15H2,1H3,(H,22,24)(H,23,25). The molecule has 0 aliphatic rings. The smallest absolute Gasteiger partial charge is 0.255 e. The second-order valence-electron chi connectivity index (χ2n) is 6.11. The second-order valence-corrected chi connectivity index (χ2v) is 6.11. The van der Waals surface area contributed by atoms with Gasteiger partial charge in [-0.2, -0.15) is 0 Å². The van der Waals surface area contributed by atoms with E-state index in [1.165, 1.54) is 19.3 Å². The number of anilines is 2. The van der Waals surface area contributed by atoms with Crippen molar-refractivity contribution < 1.29 is 9.59 Å². The van der Waals surface area contributed by atoms with Gasteiger partial charge in [-0.25, -0.2) is 0 Å². The summed E-state index contributed by atoms with van der Waals surface area (Å²) in [5.74, 6) is -0.195. The van der Waals surface area contributed by atoms with Crippen molar-refractivity contribution in [1.29, 1.82) is 0 Å². The molecule has 4 heteroatoms. The lowest BCUT2D eigenvalue weighted by Crippen LogP contribution is -2.14. The van der Waals surface area contributed by atoms with Gasteiger partial charge in [-0.1, -0.05) is 56.9 Å². The number of unbranched alkanes of at least 4 members (excludes halogenated alkanes) is 4. The Morgan fingerprint density at radius 2 is 1.52 bits per heavy atom. The maximum atomic E-state index is 12.3. The van der Waals surface area contributed by atoms with Gasteiger partial charge in [0.2, 0.25) is 5.91 Å². The van der Waals surface area contributed by atoms with E-state index in [0.29, 0.717) is 17.7 Å². The number of carbonyl (C=O) groups excluding carboxylic acids is 2. The van der Waals surface area contributed by atoms with Crippen LogP contribution in [0.15, 0.2) is 54.6 Å². The average molecular weight is 338 g/mol. The molecular formula is C21H26N2O2. The number of hydrogen-bond acceptors (Lipinski definition) is 2. The van der Waals surface area contributed by atoms with E-state index in [4.69, 9.17) is 0 Å². The van der Waals surface area contributed by atoms with Gasteiger partial charge in [0, 0.05) is 23.4 Å². The van der Waals surface area contributed by atoms with Crippen LogP contribution >= 0.6 is 0 Å². The molecule has 2 amide bonds. The van der Waals surface area contributed by atoms with Crippen molar-refractivity contribution in [3.8, 4) is 0 Å². The fraction of sp³-hybridized carbons (Fsp3) is 0.333. The predicted octanol–water partition coefficient (Wildman–Crippen LogP) is 5.24. The molecule has 4 nitrogen and oxygen atoms in total. The molecule has 0 aliphatic heterocycles. The van der Waals surface area contributed by atoms with Crippen LogP contribution in [0.4, 0.5) is 11.4 Å². The zero-order valence-corrected chi connectivity index (χ0v) is 14.8. The molecule has 0 bridgehead atoms. The third kappa shape index (κ3) is 6.79. The van der Waals surface area contributed by atoms with Crippen LogP contribution < -0.4 is 10.6 Å². The highest BCUT2D eigenvalue weighted by Gasteiger charge is 2.08. The van der Waals surface area contributed by atoms with E-state index < -0.39 is 0 Å². The molecule has 0 spiro atoms. The summed E-state index contributed by atoms with van der Waals surface area (Å²) in [5.41, 5.74) is 1.91. The molecule has 2 aromatic rings. The third-order valence-corrected chi connectivity index (χ3v) is 3.95. The van der Waals surface area contributed by atoms with Crippen molar-refractivity contribution in [1.82, 2.24) is 0 Å². The Hall–Kier alpha value is -2.62. The molecule has 2 N–H and O–H groups in total. The summed E-state index contributed by atoms with van der Waals surface area (Å²) in [5, 5.41) is 5.71. The summed E-state index contributed by atoms with van der Waals surface area (Å²) in [6, 6.07) is 16.3. The van der Waals surface area contributed by atoms with Crippen molar-refractivity contribution in [3.05, 3.63) is 60.2 Å². The van der Waals surface area contributed by atoms with Gasteiger partial charge in [-0.15, -0.1) is 0 Å². The van der Waals surface area contributed by atoms with E-state index >= 15 is 0 Å². The Bertz CT molecular complexity index is 683. The number of nitrogens with one attached hydrogen (secondary N) is 2. The van der Waals surface area contributed by atoms with Gasteiger partial charge in [0.1, 0.15) is 0 Å². The van der Waals surface area contributed by atoms with Crippen LogP contribution in [0, 0.1) is 0 Å². The van der Waals surface area contributed by atoms with E-state index in [9.17, 15) is 9.59 Å². The molecule has 132 valence electrons. The van der Waals surface area contributed by atoms with Gasteiger partial charge in [-0.3, -0.25) is 9.59 Å². The molecule has 0 fully saturated rings. The lowest BCUT2D eigenvalue weighted by molar-refractivity contribution is -0.116. The van der Waals surface area contributed by atoms with E-state index in [1.807, 2.05) is 30.3 Å². The fourth-order valence-corrected chi connectivity index (χ4v) is 2.58. The zero-order chi connectivity index (χ0) is 17.9. The molecule has 0 aromatic heterocycles. The second kappa shape index (κ2) is 10.3. The molecule has 0 saturated heterocycles. The number of carbonyl (C=O) groups is 2. The monoisotopic (exact) mass is 338 g/mol. The summed E-state index contributed by atoms with van der Waals surface area (Å²) in [6.07, 6.45) is 6.11. The van der Waals surface area contributed by atoms with Crippen molar-refractivity contribution in [2.75, 3.05) is 10.6 Å². The van der Waals surface area contributed by atoms with Crippen molar-refractivity contribution in [2.24, 2.45) is 0 Å². The molecule has 2 aromatic carbocycles. The van der Waals surface area contributed by atoms with Crippen LogP contribution in [-0.4, -0.2) is 11.8 Å². The first kappa shape index (κ1) is 18.7. The Morgan fingerprint density at radius 1 is 0.800 bits per heavy atom. The van der Waals surface area contributed by atoms with E-state index in [-0.39, 0.29) is 11.8 Å². The van der Waals surface area contributed by atoms with Gasteiger partial charge in [0.25, 0.3) is 5.91 Å². The largest absolute Gasteiger partial charge is 0.326 e. The summed E-state index contributed by atoms with van der Waals surface area (Å²) < 4.78 is 0. The topological polar surface area (TPSA) is 58.2 Å². The molecule has 25 heavy (non-hydrogen) atoms. The molecule has 0 heterocycles. The molecule has 0 radical (unpaired) electrons. The number of benzene rings is 2. The highest BCUT2D eigenvalue weighted by Crippen LogP contribution is 2.14. The Morgan fingerprint density at radius 3 is 2.28 bits per heavy atom.